The highest BCUT2D eigenvalue weighted by atomic mass is 16.6. The minimum absolute atomic E-state index is 0.136. The minimum Gasteiger partial charge on any atom is -0.490 e. The second-order valence-corrected chi connectivity index (χ2v) is 3.79. The number of carbonyl (C=O) groups excluding carboxylic acids is 1. The van der Waals surface area contributed by atoms with Crippen molar-refractivity contribution in [3.8, 4) is 11.5 Å². The highest BCUT2D eigenvalue weighted by molar-refractivity contribution is 5.74. The highest BCUT2D eigenvalue weighted by Crippen LogP contribution is 2.26. The molecule has 0 aliphatic heterocycles. The fourth-order valence-electron chi connectivity index (χ4n) is 1.46. The molecule has 1 rings (SSSR count). The van der Waals surface area contributed by atoms with E-state index < -0.39 is 0 Å². The van der Waals surface area contributed by atoms with Crippen molar-refractivity contribution in [3.05, 3.63) is 24.3 Å². The first-order valence-corrected chi connectivity index (χ1v) is 6.53. The normalized spacial score (nSPS) is 10.0. The fraction of sp³-hybridized carbons (Fsp3) is 0.500. The molecule has 1 amide bonds. The third-order valence-electron chi connectivity index (χ3n) is 2.29. The first-order valence-electron chi connectivity index (χ1n) is 6.53. The fourth-order valence-corrected chi connectivity index (χ4v) is 1.46. The van der Waals surface area contributed by atoms with E-state index in [0.717, 1.165) is 5.75 Å². The largest absolute Gasteiger partial charge is 0.490 e. The predicted molar refractivity (Wildman–Crippen MR) is 72.1 cm³/mol. The van der Waals surface area contributed by atoms with E-state index in [2.05, 4.69) is 5.48 Å². The highest BCUT2D eigenvalue weighted by Gasteiger charge is 2.04. The van der Waals surface area contributed by atoms with Crippen LogP contribution in [0.4, 0.5) is 0 Å². The van der Waals surface area contributed by atoms with Crippen molar-refractivity contribution < 1.29 is 19.1 Å². The molecule has 0 unspecified atom stereocenters. The zero-order chi connectivity index (χ0) is 13.9. The van der Waals surface area contributed by atoms with Crippen molar-refractivity contribution in [1.82, 2.24) is 5.48 Å². The van der Waals surface area contributed by atoms with Crippen LogP contribution in [-0.4, -0.2) is 25.7 Å². The van der Waals surface area contributed by atoms with E-state index in [1.165, 1.54) is 0 Å². The molecule has 0 spiro atoms. The third-order valence-corrected chi connectivity index (χ3v) is 2.29. The number of hydroxylamine groups is 1. The first-order chi connectivity index (χ1) is 9.27. The van der Waals surface area contributed by atoms with E-state index in [-0.39, 0.29) is 5.91 Å². The summed E-state index contributed by atoms with van der Waals surface area (Å²) < 4.78 is 11.0. The molecule has 1 N–H and O–H groups in total. The van der Waals surface area contributed by atoms with Gasteiger partial charge in [-0.1, -0.05) is 12.1 Å². The summed E-state index contributed by atoms with van der Waals surface area (Å²) in [6.07, 6.45) is 0.996. The number of nitrogens with one attached hydrogen (secondary N) is 1. The molecule has 0 fully saturated rings. The van der Waals surface area contributed by atoms with Crippen molar-refractivity contribution in [2.75, 3.05) is 19.8 Å². The van der Waals surface area contributed by atoms with Gasteiger partial charge in [0.15, 0.2) is 11.5 Å². The predicted octanol–water partition coefficient (Wildman–Crippen LogP) is 2.31. The van der Waals surface area contributed by atoms with Crippen molar-refractivity contribution in [1.29, 1.82) is 0 Å². The average Bonchev–Trinajstić information content (AvgIpc) is 2.43. The van der Waals surface area contributed by atoms with Gasteiger partial charge in [0.25, 0.3) is 0 Å². The molecule has 0 radical (unpaired) electrons. The molecule has 5 heteroatoms. The van der Waals surface area contributed by atoms with Crippen molar-refractivity contribution in [3.63, 3.8) is 0 Å². The first kappa shape index (κ1) is 15.3. The zero-order valence-electron chi connectivity index (χ0n) is 11.5. The second kappa shape index (κ2) is 9.22. The van der Waals surface area contributed by atoms with Gasteiger partial charge in [0, 0.05) is 6.42 Å². The molecule has 0 saturated heterocycles. The van der Waals surface area contributed by atoms with E-state index in [0.29, 0.717) is 38.4 Å². The Morgan fingerprint density at radius 3 is 2.42 bits per heavy atom. The molecular weight excluding hydrogens is 246 g/mol. The molecule has 0 aliphatic rings. The molecule has 1 aromatic carbocycles. The summed E-state index contributed by atoms with van der Waals surface area (Å²) >= 11 is 0. The van der Waals surface area contributed by atoms with Gasteiger partial charge in [0.2, 0.25) is 5.91 Å². The van der Waals surface area contributed by atoms with Gasteiger partial charge >= 0.3 is 0 Å². The quantitative estimate of drug-likeness (QED) is 0.551. The smallest absolute Gasteiger partial charge is 0.243 e. The summed E-state index contributed by atoms with van der Waals surface area (Å²) in [7, 11) is 0. The molecule has 0 bridgehead atoms. The average molecular weight is 267 g/mol. The SMILES string of the molecule is CCONC(=O)CCCOc1ccccc1OCC. The Hall–Kier alpha value is -1.75. The number of para-hydroxylation sites is 2. The van der Waals surface area contributed by atoms with Crippen LogP contribution in [0.5, 0.6) is 11.5 Å². The monoisotopic (exact) mass is 267 g/mol. The Bertz CT molecular complexity index is 381. The van der Waals surface area contributed by atoms with E-state index in [1.807, 2.05) is 38.1 Å². The van der Waals surface area contributed by atoms with Gasteiger partial charge < -0.3 is 9.47 Å². The lowest BCUT2D eigenvalue weighted by atomic mass is 10.3. The van der Waals surface area contributed by atoms with Gasteiger partial charge in [-0.2, -0.15) is 0 Å². The van der Waals surface area contributed by atoms with Crippen LogP contribution >= 0.6 is 0 Å². The molecular formula is C14H21NO4. The second-order valence-electron chi connectivity index (χ2n) is 3.79. The van der Waals surface area contributed by atoms with Crippen LogP contribution in [0.3, 0.4) is 0 Å². The summed E-state index contributed by atoms with van der Waals surface area (Å²) in [6, 6.07) is 7.50. The van der Waals surface area contributed by atoms with Gasteiger partial charge in [-0.05, 0) is 32.4 Å². The lowest BCUT2D eigenvalue weighted by Crippen LogP contribution is -2.23. The van der Waals surface area contributed by atoms with Gasteiger partial charge in [-0.25, -0.2) is 5.48 Å². The Kier molecular flexibility index (Phi) is 7.43. The number of carbonyl (C=O) groups is 1. The van der Waals surface area contributed by atoms with Gasteiger partial charge in [0.1, 0.15) is 0 Å². The van der Waals surface area contributed by atoms with Crippen LogP contribution in [0.2, 0.25) is 0 Å². The Labute approximate surface area is 113 Å². The third kappa shape index (κ3) is 6.10. The molecule has 0 saturated carbocycles. The van der Waals surface area contributed by atoms with Gasteiger partial charge in [-0.15, -0.1) is 0 Å². The van der Waals surface area contributed by atoms with Gasteiger partial charge in [-0.3, -0.25) is 9.63 Å². The molecule has 106 valence electrons. The van der Waals surface area contributed by atoms with E-state index >= 15 is 0 Å². The molecule has 0 aromatic heterocycles. The number of hydrogen-bond donors (Lipinski definition) is 1. The number of hydrogen-bond acceptors (Lipinski definition) is 4. The van der Waals surface area contributed by atoms with Crippen LogP contribution in [-0.2, 0) is 9.63 Å². The Balaban J connectivity index is 2.27. The van der Waals surface area contributed by atoms with E-state index in [4.69, 9.17) is 14.3 Å². The topological polar surface area (TPSA) is 56.8 Å². The summed E-state index contributed by atoms with van der Waals surface area (Å²) in [5, 5.41) is 0. The molecule has 0 aliphatic carbocycles. The maximum atomic E-state index is 11.3. The Morgan fingerprint density at radius 1 is 1.11 bits per heavy atom. The Morgan fingerprint density at radius 2 is 1.79 bits per heavy atom. The summed E-state index contributed by atoms with van der Waals surface area (Å²) in [4.78, 5) is 16.1. The summed E-state index contributed by atoms with van der Waals surface area (Å²) in [5.41, 5.74) is 2.34. The van der Waals surface area contributed by atoms with Crippen molar-refractivity contribution >= 4 is 5.91 Å². The summed E-state index contributed by atoms with van der Waals surface area (Å²) in [5.74, 6) is 1.29. The lowest BCUT2D eigenvalue weighted by molar-refractivity contribution is -0.133. The zero-order valence-corrected chi connectivity index (χ0v) is 11.5. The van der Waals surface area contributed by atoms with E-state index in [1.54, 1.807) is 0 Å². The van der Waals surface area contributed by atoms with Crippen molar-refractivity contribution in [2.45, 2.75) is 26.7 Å². The molecule has 0 heterocycles. The van der Waals surface area contributed by atoms with Crippen LogP contribution in [0.15, 0.2) is 24.3 Å². The minimum atomic E-state index is -0.136. The maximum absolute atomic E-state index is 11.3. The lowest BCUT2D eigenvalue weighted by Gasteiger charge is -2.11. The van der Waals surface area contributed by atoms with Crippen LogP contribution < -0.4 is 15.0 Å². The number of amides is 1. The van der Waals surface area contributed by atoms with Crippen LogP contribution in [0.1, 0.15) is 26.7 Å². The van der Waals surface area contributed by atoms with Crippen LogP contribution in [0, 0.1) is 0 Å². The molecule has 19 heavy (non-hydrogen) atoms. The van der Waals surface area contributed by atoms with Gasteiger partial charge in [0.05, 0.1) is 19.8 Å². The summed E-state index contributed by atoms with van der Waals surface area (Å²) in [6.45, 7) is 5.26. The van der Waals surface area contributed by atoms with Crippen molar-refractivity contribution in [2.24, 2.45) is 0 Å². The number of benzene rings is 1. The van der Waals surface area contributed by atoms with E-state index in [9.17, 15) is 4.79 Å². The standard InChI is InChI=1S/C14H21NO4/c1-3-17-12-8-5-6-9-13(12)18-11-7-10-14(16)15-19-4-2/h5-6,8-9H,3-4,7,10-11H2,1-2H3,(H,15,16). The molecule has 5 nitrogen and oxygen atoms in total. The molecule has 0 atom stereocenters. The molecule has 1 aromatic rings. The number of rotatable bonds is 9. The van der Waals surface area contributed by atoms with Crippen LogP contribution in [0.25, 0.3) is 0 Å². The maximum Gasteiger partial charge on any atom is 0.243 e. The number of ether oxygens (including phenoxy) is 2.